The molecule has 2 heterocycles. The molecule has 21 heavy (non-hydrogen) atoms. The number of benzene rings is 1. The number of ether oxygens (including phenoxy) is 1. The van der Waals surface area contributed by atoms with Crippen LogP contribution in [0, 0.1) is 5.82 Å². The summed E-state index contributed by atoms with van der Waals surface area (Å²) in [5, 5.41) is 12.5. The Balaban J connectivity index is 1.99. The van der Waals surface area contributed by atoms with Gasteiger partial charge in [-0.2, -0.15) is 10.2 Å². The van der Waals surface area contributed by atoms with Crippen molar-refractivity contribution in [1.82, 2.24) is 15.5 Å². The second-order valence-electron chi connectivity index (χ2n) is 5.95. The first-order chi connectivity index (χ1) is 10.1. The highest BCUT2D eigenvalue weighted by Crippen LogP contribution is 2.31. The predicted molar refractivity (Wildman–Crippen MR) is 80.1 cm³/mol. The van der Waals surface area contributed by atoms with Crippen LogP contribution in [0.4, 0.5) is 4.39 Å². The van der Waals surface area contributed by atoms with Crippen molar-refractivity contribution in [2.24, 2.45) is 0 Å². The van der Waals surface area contributed by atoms with E-state index >= 15 is 0 Å². The summed E-state index contributed by atoms with van der Waals surface area (Å²) < 4.78 is 19.2. The summed E-state index contributed by atoms with van der Waals surface area (Å²) in [4.78, 5) is 0. The SMILES string of the molecule is COc1cc(F)c2cc([C@H]3C[C@@H](C)N[C@@H](C)C3)nnc2c1. The Labute approximate surface area is 123 Å². The smallest absolute Gasteiger partial charge is 0.136 e. The molecule has 1 N–H and O–H groups in total. The largest absolute Gasteiger partial charge is 0.497 e. The van der Waals surface area contributed by atoms with Gasteiger partial charge in [0.2, 0.25) is 0 Å². The highest BCUT2D eigenvalue weighted by Gasteiger charge is 2.26. The van der Waals surface area contributed by atoms with Gasteiger partial charge < -0.3 is 10.1 Å². The van der Waals surface area contributed by atoms with Crippen LogP contribution in [0.3, 0.4) is 0 Å². The molecule has 2 aromatic rings. The lowest BCUT2D eigenvalue weighted by molar-refractivity contribution is 0.312. The van der Waals surface area contributed by atoms with E-state index < -0.39 is 0 Å². The fourth-order valence-electron chi connectivity index (χ4n) is 3.22. The molecule has 0 spiro atoms. The standard InChI is InChI=1S/C16H20FN3O/c1-9-4-11(5-10(2)18-9)15-8-13-14(17)6-12(21-3)7-16(13)20-19-15/h6-11,18H,4-5H2,1-3H3/t9-,10+,11+. The van der Waals surface area contributed by atoms with Gasteiger partial charge in [0.1, 0.15) is 11.6 Å². The minimum absolute atomic E-state index is 0.310. The van der Waals surface area contributed by atoms with Gasteiger partial charge in [0.25, 0.3) is 0 Å². The zero-order valence-corrected chi connectivity index (χ0v) is 12.6. The summed E-state index contributed by atoms with van der Waals surface area (Å²) in [6, 6.07) is 5.82. The molecule has 5 heteroatoms. The van der Waals surface area contributed by atoms with E-state index in [1.54, 1.807) is 6.07 Å². The average molecular weight is 289 g/mol. The van der Waals surface area contributed by atoms with E-state index in [9.17, 15) is 4.39 Å². The maximum atomic E-state index is 14.2. The van der Waals surface area contributed by atoms with Gasteiger partial charge in [0.15, 0.2) is 0 Å². The Kier molecular flexibility index (Phi) is 3.76. The third kappa shape index (κ3) is 2.83. The molecular weight excluding hydrogens is 269 g/mol. The van der Waals surface area contributed by atoms with Crippen LogP contribution in [-0.4, -0.2) is 29.4 Å². The van der Waals surface area contributed by atoms with Crippen molar-refractivity contribution in [2.75, 3.05) is 7.11 Å². The van der Waals surface area contributed by atoms with Crippen molar-refractivity contribution in [3.05, 3.63) is 29.7 Å². The summed E-state index contributed by atoms with van der Waals surface area (Å²) in [6.07, 6.45) is 2.00. The number of hydrogen-bond acceptors (Lipinski definition) is 4. The zero-order valence-electron chi connectivity index (χ0n) is 12.6. The van der Waals surface area contributed by atoms with Crippen molar-refractivity contribution in [3.8, 4) is 5.75 Å². The predicted octanol–water partition coefficient (Wildman–Crippen LogP) is 3.02. The summed E-state index contributed by atoms with van der Waals surface area (Å²) in [7, 11) is 1.51. The monoisotopic (exact) mass is 289 g/mol. The van der Waals surface area contributed by atoms with Gasteiger partial charge in [0, 0.05) is 35.5 Å². The van der Waals surface area contributed by atoms with Crippen LogP contribution in [0.25, 0.3) is 10.9 Å². The zero-order chi connectivity index (χ0) is 15.0. The molecule has 0 saturated carbocycles. The van der Waals surface area contributed by atoms with E-state index in [0.29, 0.717) is 34.7 Å². The van der Waals surface area contributed by atoms with Gasteiger partial charge in [-0.1, -0.05) is 0 Å². The lowest BCUT2D eigenvalue weighted by atomic mass is 9.86. The topological polar surface area (TPSA) is 47.0 Å². The summed E-state index contributed by atoms with van der Waals surface area (Å²) in [6.45, 7) is 4.34. The lowest BCUT2D eigenvalue weighted by Crippen LogP contribution is -2.41. The Hall–Kier alpha value is -1.75. The van der Waals surface area contributed by atoms with E-state index in [1.807, 2.05) is 6.07 Å². The molecule has 0 unspecified atom stereocenters. The van der Waals surface area contributed by atoms with Crippen LogP contribution in [0.1, 0.15) is 38.3 Å². The lowest BCUT2D eigenvalue weighted by Gasteiger charge is -2.32. The Morgan fingerprint density at radius 3 is 2.52 bits per heavy atom. The highest BCUT2D eigenvalue weighted by molar-refractivity contribution is 5.80. The van der Waals surface area contributed by atoms with E-state index in [1.165, 1.54) is 13.2 Å². The van der Waals surface area contributed by atoms with E-state index in [4.69, 9.17) is 4.74 Å². The molecule has 0 aliphatic carbocycles. The van der Waals surface area contributed by atoms with Gasteiger partial charge in [0.05, 0.1) is 18.3 Å². The molecule has 0 bridgehead atoms. The maximum absolute atomic E-state index is 14.2. The average Bonchev–Trinajstić information content (AvgIpc) is 2.45. The second kappa shape index (κ2) is 5.56. The number of rotatable bonds is 2. The summed E-state index contributed by atoms with van der Waals surface area (Å²) >= 11 is 0. The summed E-state index contributed by atoms with van der Waals surface area (Å²) in [5.74, 6) is 0.483. The molecular formula is C16H20FN3O. The molecule has 1 aliphatic rings. The first-order valence-corrected chi connectivity index (χ1v) is 7.33. The number of piperidine rings is 1. The summed E-state index contributed by atoms with van der Waals surface area (Å²) in [5.41, 5.74) is 1.41. The third-order valence-corrected chi connectivity index (χ3v) is 4.15. The van der Waals surface area contributed by atoms with Crippen molar-refractivity contribution in [3.63, 3.8) is 0 Å². The van der Waals surface area contributed by atoms with E-state index in [0.717, 1.165) is 18.5 Å². The number of nitrogens with one attached hydrogen (secondary N) is 1. The van der Waals surface area contributed by atoms with Crippen molar-refractivity contribution < 1.29 is 9.13 Å². The van der Waals surface area contributed by atoms with Gasteiger partial charge in [-0.25, -0.2) is 4.39 Å². The first kappa shape index (κ1) is 14.2. The number of hydrogen-bond donors (Lipinski definition) is 1. The minimum atomic E-state index is -0.310. The van der Waals surface area contributed by atoms with Gasteiger partial charge in [-0.3, -0.25) is 0 Å². The fourth-order valence-corrected chi connectivity index (χ4v) is 3.22. The van der Waals surface area contributed by atoms with Crippen molar-refractivity contribution >= 4 is 10.9 Å². The normalized spacial score (nSPS) is 26.0. The highest BCUT2D eigenvalue weighted by atomic mass is 19.1. The molecule has 1 saturated heterocycles. The Bertz CT molecular complexity index is 651. The third-order valence-electron chi connectivity index (χ3n) is 4.15. The van der Waals surface area contributed by atoms with Gasteiger partial charge in [-0.05, 0) is 32.8 Å². The molecule has 112 valence electrons. The number of fused-ring (bicyclic) bond motifs is 1. The van der Waals surface area contributed by atoms with Gasteiger partial charge in [-0.15, -0.1) is 0 Å². The molecule has 1 aliphatic heterocycles. The molecule has 4 nitrogen and oxygen atoms in total. The number of methoxy groups -OCH3 is 1. The second-order valence-corrected chi connectivity index (χ2v) is 5.95. The quantitative estimate of drug-likeness (QED) is 0.923. The number of halogens is 1. The molecule has 3 atom stereocenters. The van der Waals surface area contributed by atoms with Gasteiger partial charge >= 0.3 is 0 Å². The van der Waals surface area contributed by atoms with Crippen LogP contribution in [0.2, 0.25) is 0 Å². The molecule has 3 rings (SSSR count). The van der Waals surface area contributed by atoms with Crippen molar-refractivity contribution in [2.45, 2.75) is 44.7 Å². The van der Waals surface area contributed by atoms with Crippen LogP contribution in [0.5, 0.6) is 5.75 Å². The molecule has 1 aromatic heterocycles. The minimum Gasteiger partial charge on any atom is -0.497 e. The maximum Gasteiger partial charge on any atom is 0.136 e. The number of nitrogens with zero attached hydrogens (tertiary/aromatic N) is 2. The Morgan fingerprint density at radius 1 is 1.14 bits per heavy atom. The fraction of sp³-hybridized carbons (Fsp3) is 0.500. The van der Waals surface area contributed by atoms with E-state index in [-0.39, 0.29) is 5.82 Å². The first-order valence-electron chi connectivity index (χ1n) is 7.33. The molecule has 1 aromatic carbocycles. The van der Waals surface area contributed by atoms with Crippen LogP contribution >= 0.6 is 0 Å². The van der Waals surface area contributed by atoms with Crippen LogP contribution < -0.4 is 10.1 Å². The molecule has 0 radical (unpaired) electrons. The van der Waals surface area contributed by atoms with E-state index in [2.05, 4.69) is 29.4 Å². The van der Waals surface area contributed by atoms with Crippen LogP contribution in [0.15, 0.2) is 18.2 Å². The molecule has 0 amide bonds. The Morgan fingerprint density at radius 2 is 1.86 bits per heavy atom. The van der Waals surface area contributed by atoms with Crippen molar-refractivity contribution in [1.29, 1.82) is 0 Å². The molecule has 1 fully saturated rings. The number of aromatic nitrogens is 2. The van der Waals surface area contributed by atoms with Crippen LogP contribution in [-0.2, 0) is 0 Å².